The highest BCUT2D eigenvalue weighted by Gasteiger charge is 2.37. The van der Waals surface area contributed by atoms with Gasteiger partial charge in [-0.25, -0.2) is 4.39 Å². The van der Waals surface area contributed by atoms with Gasteiger partial charge in [0.25, 0.3) is 5.91 Å². The fourth-order valence-corrected chi connectivity index (χ4v) is 3.40. The zero-order chi connectivity index (χ0) is 15.5. The van der Waals surface area contributed by atoms with Gasteiger partial charge in [-0.3, -0.25) is 4.79 Å². The molecular weight excluding hydrogens is 281 g/mol. The van der Waals surface area contributed by atoms with Crippen molar-refractivity contribution >= 4 is 5.91 Å². The average molecular weight is 303 g/mol. The van der Waals surface area contributed by atoms with Gasteiger partial charge in [-0.2, -0.15) is 0 Å². The summed E-state index contributed by atoms with van der Waals surface area (Å²) in [6.45, 7) is 3.49. The lowest BCUT2D eigenvalue weighted by molar-refractivity contribution is -0.138. The quantitative estimate of drug-likeness (QED) is 0.798. The smallest absolute Gasteiger partial charge is 0.263 e. The maximum atomic E-state index is 13.7. The minimum Gasteiger partial charge on any atom is -0.478 e. The number of amides is 1. The van der Waals surface area contributed by atoms with E-state index in [0.717, 1.165) is 25.9 Å². The van der Waals surface area contributed by atoms with E-state index in [9.17, 15) is 9.18 Å². The minimum atomic E-state index is -0.606. The third-order valence-electron chi connectivity index (χ3n) is 4.68. The van der Waals surface area contributed by atoms with E-state index >= 15 is 0 Å². The van der Waals surface area contributed by atoms with Crippen LogP contribution >= 0.6 is 0 Å². The predicted octanol–water partition coefficient (Wildman–Crippen LogP) is 3.41. The number of likely N-dealkylation sites (tertiary alicyclic amines) is 1. The van der Waals surface area contributed by atoms with E-state index in [1.165, 1.54) is 6.07 Å². The maximum Gasteiger partial charge on any atom is 0.263 e. The molecule has 3 rings (SSSR count). The third kappa shape index (κ3) is 3.01. The molecule has 1 fully saturated rings. The van der Waals surface area contributed by atoms with Crippen molar-refractivity contribution in [2.24, 2.45) is 11.8 Å². The number of carbonyl (C=O) groups is 1. The molecular formula is C18H22FNO2. The zero-order valence-electron chi connectivity index (χ0n) is 12.9. The van der Waals surface area contributed by atoms with E-state index in [0.29, 0.717) is 18.3 Å². The molecule has 0 radical (unpaired) electrons. The second-order valence-electron chi connectivity index (χ2n) is 6.15. The molecule has 1 aliphatic heterocycles. The first-order valence-corrected chi connectivity index (χ1v) is 8.04. The van der Waals surface area contributed by atoms with Gasteiger partial charge in [0.05, 0.1) is 0 Å². The van der Waals surface area contributed by atoms with Gasteiger partial charge in [-0.05, 0) is 43.2 Å². The molecule has 1 saturated heterocycles. The Morgan fingerprint density at radius 1 is 1.27 bits per heavy atom. The van der Waals surface area contributed by atoms with Crippen molar-refractivity contribution in [3.05, 3.63) is 42.2 Å². The topological polar surface area (TPSA) is 29.5 Å². The van der Waals surface area contributed by atoms with Crippen LogP contribution in [0.5, 0.6) is 5.75 Å². The van der Waals surface area contributed by atoms with Crippen LogP contribution in [0, 0.1) is 17.7 Å². The van der Waals surface area contributed by atoms with E-state index in [-0.39, 0.29) is 11.7 Å². The van der Waals surface area contributed by atoms with Crippen LogP contribution in [0.2, 0.25) is 0 Å². The summed E-state index contributed by atoms with van der Waals surface area (Å²) in [4.78, 5) is 14.6. The number of ether oxygens (including phenoxy) is 1. The van der Waals surface area contributed by atoms with Crippen LogP contribution in [0.15, 0.2) is 36.4 Å². The Morgan fingerprint density at radius 2 is 1.91 bits per heavy atom. The largest absolute Gasteiger partial charge is 0.478 e. The molecule has 3 atom stereocenters. The molecule has 1 aromatic carbocycles. The second kappa shape index (κ2) is 6.51. The van der Waals surface area contributed by atoms with Crippen molar-refractivity contribution in [1.82, 2.24) is 4.90 Å². The molecule has 0 N–H and O–H groups in total. The summed E-state index contributed by atoms with van der Waals surface area (Å²) in [5, 5.41) is 0. The first-order chi connectivity index (χ1) is 10.7. The highest BCUT2D eigenvalue weighted by molar-refractivity contribution is 5.81. The van der Waals surface area contributed by atoms with Crippen LogP contribution in [0.25, 0.3) is 0 Å². The number of hydrogen-bond donors (Lipinski definition) is 0. The van der Waals surface area contributed by atoms with Crippen LogP contribution in [0.3, 0.4) is 0 Å². The number of fused-ring (bicyclic) bond motifs is 1. The molecule has 2 aliphatic rings. The Labute approximate surface area is 130 Å². The Morgan fingerprint density at radius 3 is 2.50 bits per heavy atom. The molecule has 118 valence electrons. The van der Waals surface area contributed by atoms with Gasteiger partial charge in [-0.1, -0.05) is 31.2 Å². The van der Waals surface area contributed by atoms with E-state index in [1.54, 1.807) is 18.2 Å². The summed E-state index contributed by atoms with van der Waals surface area (Å²) in [7, 11) is 0. The fraction of sp³-hybridized carbons (Fsp3) is 0.500. The molecule has 1 amide bonds. The highest BCUT2D eigenvalue weighted by atomic mass is 19.1. The Kier molecular flexibility index (Phi) is 4.46. The molecule has 1 aliphatic carbocycles. The second-order valence-corrected chi connectivity index (χ2v) is 6.15. The zero-order valence-corrected chi connectivity index (χ0v) is 12.9. The molecule has 0 bridgehead atoms. The van der Waals surface area contributed by atoms with Gasteiger partial charge in [0.1, 0.15) is 0 Å². The molecule has 4 heteroatoms. The summed E-state index contributed by atoms with van der Waals surface area (Å²) >= 11 is 0. The Hall–Kier alpha value is -1.84. The molecule has 3 nitrogen and oxygen atoms in total. The van der Waals surface area contributed by atoms with Crippen LogP contribution in [-0.4, -0.2) is 30.0 Å². The average Bonchev–Trinajstić information content (AvgIpc) is 2.97. The van der Waals surface area contributed by atoms with E-state index in [1.807, 2.05) is 11.8 Å². The molecule has 1 heterocycles. The van der Waals surface area contributed by atoms with E-state index in [4.69, 9.17) is 4.74 Å². The van der Waals surface area contributed by atoms with Crippen molar-refractivity contribution < 1.29 is 13.9 Å². The van der Waals surface area contributed by atoms with Gasteiger partial charge in [-0.15, -0.1) is 0 Å². The van der Waals surface area contributed by atoms with Crippen LogP contribution in [0.1, 0.15) is 26.2 Å². The number of allylic oxidation sites excluding steroid dienone is 2. The monoisotopic (exact) mass is 303 g/mol. The lowest BCUT2D eigenvalue weighted by atomic mass is 9.86. The van der Waals surface area contributed by atoms with Gasteiger partial charge in [0.15, 0.2) is 17.7 Å². The van der Waals surface area contributed by atoms with Gasteiger partial charge in [0, 0.05) is 13.1 Å². The lowest BCUT2D eigenvalue weighted by Gasteiger charge is -2.23. The normalized spacial score (nSPS) is 24.9. The summed E-state index contributed by atoms with van der Waals surface area (Å²) < 4.78 is 19.4. The predicted molar refractivity (Wildman–Crippen MR) is 83.0 cm³/mol. The van der Waals surface area contributed by atoms with Gasteiger partial charge >= 0.3 is 0 Å². The van der Waals surface area contributed by atoms with Crippen molar-refractivity contribution in [2.75, 3.05) is 13.1 Å². The SMILES string of the molecule is CC[C@H](Oc1ccccc1F)C(=O)N1C[C@@H]2CC=CC[C@H]2C1. The van der Waals surface area contributed by atoms with E-state index < -0.39 is 11.9 Å². The van der Waals surface area contributed by atoms with E-state index in [2.05, 4.69) is 12.2 Å². The summed E-state index contributed by atoms with van der Waals surface area (Å²) in [6, 6.07) is 6.25. The number of hydrogen-bond acceptors (Lipinski definition) is 2. The number of nitrogens with zero attached hydrogens (tertiary/aromatic N) is 1. The first-order valence-electron chi connectivity index (χ1n) is 8.04. The lowest BCUT2D eigenvalue weighted by Crippen LogP contribution is -2.40. The van der Waals surface area contributed by atoms with Gasteiger partial charge < -0.3 is 9.64 Å². The number of carbonyl (C=O) groups excluding carboxylic acids is 1. The standard InChI is InChI=1S/C18H22FNO2/c1-2-16(22-17-10-6-5-9-15(17)19)18(21)20-11-13-7-3-4-8-14(13)12-20/h3-6,9-10,13-14,16H,2,7-8,11-12H2,1H3/t13-,14-,16-/m0/s1. The van der Waals surface area contributed by atoms with Crippen molar-refractivity contribution in [3.63, 3.8) is 0 Å². The Bertz CT molecular complexity index is 556. The van der Waals surface area contributed by atoms with Gasteiger partial charge in [0.2, 0.25) is 0 Å². The van der Waals surface area contributed by atoms with Crippen LogP contribution < -0.4 is 4.74 Å². The number of rotatable bonds is 4. The molecule has 0 unspecified atom stereocenters. The van der Waals surface area contributed by atoms with Crippen molar-refractivity contribution in [3.8, 4) is 5.75 Å². The molecule has 0 spiro atoms. The Balaban J connectivity index is 1.66. The van der Waals surface area contributed by atoms with Crippen molar-refractivity contribution in [2.45, 2.75) is 32.3 Å². The minimum absolute atomic E-state index is 0.0137. The first kappa shape index (κ1) is 15.1. The van der Waals surface area contributed by atoms with Crippen LogP contribution in [0.4, 0.5) is 4.39 Å². The number of halogens is 1. The van der Waals surface area contributed by atoms with Crippen LogP contribution in [-0.2, 0) is 4.79 Å². The van der Waals surface area contributed by atoms with Crippen molar-refractivity contribution in [1.29, 1.82) is 0 Å². The molecule has 22 heavy (non-hydrogen) atoms. The molecule has 1 aromatic rings. The summed E-state index contributed by atoms with van der Waals surface area (Å²) in [6.07, 6.45) is 6.46. The third-order valence-corrected chi connectivity index (χ3v) is 4.68. The highest BCUT2D eigenvalue weighted by Crippen LogP contribution is 2.33. The molecule has 0 saturated carbocycles. The fourth-order valence-electron chi connectivity index (χ4n) is 3.40. The number of para-hydroxylation sites is 1. The summed E-state index contributed by atoms with van der Waals surface area (Å²) in [5.41, 5.74) is 0. The molecule has 0 aromatic heterocycles. The maximum absolute atomic E-state index is 13.7. The summed E-state index contributed by atoms with van der Waals surface area (Å²) in [5.74, 6) is 0.856. The number of benzene rings is 1.